The van der Waals surface area contributed by atoms with Gasteiger partial charge in [0.15, 0.2) is 0 Å². The number of nitrogens with zero attached hydrogens (tertiary/aromatic N) is 1. The van der Waals surface area contributed by atoms with Crippen molar-refractivity contribution < 1.29 is 0 Å². The van der Waals surface area contributed by atoms with Gasteiger partial charge in [0.25, 0.3) is 0 Å². The van der Waals surface area contributed by atoms with Crippen LogP contribution >= 0.6 is 22.7 Å². The highest BCUT2D eigenvalue weighted by Gasteiger charge is 2.03. The lowest BCUT2D eigenvalue weighted by Gasteiger charge is -1.89. The standard InChI is InChI=1S/C10H11NS2/c1-2-3-8-4-5-10(13-8)9-6-12-7-11-9/h4-7H,2-3H2,1H3. The minimum Gasteiger partial charge on any atom is -0.244 e. The highest BCUT2D eigenvalue weighted by molar-refractivity contribution is 7.16. The van der Waals surface area contributed by atoms with E-state index in [-0.39, 0.29) is 0 Å². The van der Waals surface area contributed by atoms with Gasteiger partial charge in [-0.05, 0) is 18.6 Å². The first-order chi connectivity index (χ1) is 6.40. The zero-order valence-electron chi connectivity index (χ0n) is 7.49. The third-order valence-corrected chi connectivity index (χ3v) is 3.60. The van der Waals surface area contributed by atoms with E-state index in [0.717, 1.165) is 5.69 Å². The molecule has 2 aromatic rings. The van der Waals surface area contributed by atoms with E-state index in [0.29, 0.717) is 0 Å². The fourth-order valence-corrected chi connectivity index (χ4v) is 2.93. The number of aromatic nitrogens is 1. The molecule has 3 heteroatoms. The SMILES string of the molecule is CCCc1ccc(-c2cscn2)s1. The van der Waals surface area contributed by atoms with Gasteiger partial charge in [-0.2, -0.15) is 0 Å². The number of thiazole rings is 1. The van der Waals surface area contributed by atoms with Crippen molar-refractivity contribution in [2.24, 2.45) is 0 Å². The molecule has 13 heavy (non-hydrogen) atoms. The largest absolute Gasteiger partial charge is 0.244 e. The zero-order valence-corrected chi connectivity index (χ0v) is 9.12. The average molecular weight is 209 g/mol. The van der Waals surface area contributed by atoms with Crippen molar-refractivity contribution in [1.82, 2.24) is 4.98 Å². The second-order valence-corrected chi connectivity index (χ2v) is 4.78. The summed E-state index contributed by atoms with van der Waals surface area (Å²) < 4.78 is 0. The summed E-state index contributed by atoms with van der Waals surface area (Å²) in [5, 5.41) is 2.10. The van der Waals surface area contributed by atoms with E-state index in [1.54, 1.807) is 11.3 Å². The van der Waals surface area contributed by atoms with Crippen LogP contribution < -0.4 is 0 Å². The van der Waals surface area contributed by atoms with Gasteiger partial charge in [0.1, 0.15) is 0 Å². The molecule has 0 fully saturated rings. The maximum atomic E-state index is 4.29. The predicted molar refractivity (Wildman–Crippen MR) is 59.4 cm³/mol. The number of hydrogen-bond acceptors (Lipinski definition) is 3. The lowest BCUT2D eigenvalue weighted by atomic mass is 10.3. The normalized spacial score (nSPS) is 10.5. The highest BCUT2D eigenvalue weighted by Crippen LogP contribution is 2.28. The van der Waals surface area contributed by atoms with Crippen LogP contribution in [0, 0.1) is 0 Å². The molecule has 0 aromatic carbocycles. The second-order valence-electron chi connectivity index (χ2n) is 2.89. The molecule has 0 bridgehead atoms. The highest BCUT2D eigenvalue weighted by atomic mass is 32.1. The molecule has 68 valence electrons. The van der Waals surface area contributed by atoms with Crippen molar-refractivity contribution in [1.29, 1.82) is 0 Å². The van der Waals surface area contributed by atoms with E-state index in [2.05, 4.69) is 29.4 Å². The Balaban J connectivity index is 2.23. The Bertz CT molecular complexity index is 362. The molecule has 0 spiro atoms. The topological polar surface area (TPSA) is 12.9 Å². The predicted octanol–water partition coefficient (Wildman–Crippen LogP) is 3.82. The van der Waals surface area contributed by atoms with Crippen molar-refractivity contribution in [2.75, 3.05) is 0 Å². The van der Waals surface area contributed by atoms with Gasteiger partial charge in [0.2, 0.25) is 0 Å². The maximum Gasteiger partial charge on any atom is 0.0910 e. The molecule has 2 aromatic heterocycles. The van der Waals surface area contributed by atoms with Crippen molar-refractivity contribution in [3.8, 4) is 10.6 Å². The summed E-state index contributed by atoms with van der Waals surface area (Å²) >= 11 is 3.51. The van der Waals surface area contributed by atoms with Gasteiger partial charge in [0, 0.05) is 10.3 Å². The molecule has 0 aliphatic heterocycles. The Morgan fingerprint density at radius 3 is 3.00 bits per heavy atom. The summed E-state index contributed by atoms with van der Waals surface area (Å²) in [5.74, 6) is 0. The van der Waals surface area contributed by atoms with E-state index in [9.17, 15) is 0 Å². The number of thiophene rings is 1. The molecule has 0 aliphatic carbocycles. The van der Waals surface area contributed by atoms with Crippen molar-refractivity contribution in [2.45, 2.75) is 19.8 Å². The van der Waals surface area contributed by atoms with Gasteiger partial charge in [-0.15, -0.1) is 22.7 Å². The molecular formula is C10H11NS2. The molecule has 0 atom stereocenters. The van der Waals surface area contributed by atoms with Crippen molar-refractivity contribution >= 4 is 22.7 Å². The fourth-order valence-electron chi connectivity index (χ4n) is 1.23. The summed E-state index contributed by atoms with van der Waals surface area (Å²) in [6.07, 6.45) is 2.41. The Labute approximate surface area is 86.1 Å². The summed E-state index contributed by atoms with van der Waals surface area (Å²) in [6, 6.07) is 4.38. The molecule has 0 unspecified atom stereocenters. The first-order valence-corrected chi connectivity index (χ1v) is 6.13. The van der Waals surface area contributed by atoms with E-state index in [1.807, 2.05) is 16.8 Å². The minimum absolute atomic E-state index is 1.12. The average Bonchev–Trinajstić information content (AvgIpc) is 2.70. The Morgan fingerprint density at radius 1 is 1.38 bits per heavy atom. The molecular weight excluding hydrogens is 198 g/mol. The summed E-state index contributed by atoms with van der Waals surface area (Å²) in [7, 11) is 0. The molecule has 1 nitrogen and oxygen atoms in total. The molecule has 2 rings (SSSR count). The van der Waals surface area contributed by atoms with Crippen molar-refractivity contribution in [3.63, 3.8) is 0 Å². The smallest absolute Gasteiger partial charge is 0.0910 e. The van der Waals surface area contributed by atoms with Crippen LogP contribution in [0.25, 0.3) is 10.6 Å². The van der Waals surface area contributed by atoms with E-state index >= 15 is 0 Å². The molecule has 0 N–H and O–H groups in total. The third kappa shape index (κ3) is 1.98. The van der Waals surface area contributed by atoms with Crippen LogP contribution in [0.5, 0.6) is 0 Å². The lowest BCUT2D eigenvalue weighted by Crippen LogP contribution is -1.72. The summed E-state index contributed by atoms with van der Waals surface area (Å²) in [5.41, 5.74) is 3.01. The number of rotatable bonds is 3. The van der Waals surface area contributed by atoms with E-state index in [4.69, 9.17) is 0 Å². The number of aryl methyl sites for hydroxylation is 1. The van der Waals surface area contributed by atoms with Crippen LogP contribution in [0.15, 0.2) is 23.0 Å². The summed E-state index contributed by atoms with van der Waals surface area (Å²) in [6.45, 7) is 2.21. The van der Waals surface area contributed by atoms with Crippen LogP contribution in [-0.2, 0) is 6.42 Å². The van der Waals surface area contributed by atoms with E-state index in [1.165, 1.54) is 22.6 Å². The minimum atomic E-state index is 1.12. The number of hydrogen-bond donors (Lipinski definition) is 0. The Morgan fingerprint density at radius 2 is 2.31 bits per heavy atom. The van der Waals surface area contributed by atoms with Gasteiger partial charge in [0.05, 0.1) is 16.1 Å². The zero-order chi connectivity index (χ0) is 9.10. The molecule has 0 amide bonds. The van der Waals surface area contributed by atoms with Crippen LogP contribution in [0.1, 0.15) is 18.2 Å². The van der Waals surface area contributed by atoms with Gasteiger partial charge >= 0.3 is 0 Å². The van der Waals surface area contributed by atoms with Crippen molar-refractivity contribution in [3.05, 3.63) is 27.9 Å². The van der Waals surface area contributed by atoms with Crippen LogP contribution in [0.4, 0.5) is 0 Å². The third-order valence-electron chi connectivity index (χ3n) is 1.84. The van der Waals surface area contributed by atoms with E-state index < -0.39 is 0 Å². The maximum absolute atomic E-state index is 4.29. The molecule has 0 saturated heterocycles. The van der Waals surface area contributed by atoms with Crippen LogP contribution in [-0.4, -0.2) is 4.98 Å². The summed E-state index contributed by atoms with van der Waals surface area (Å²) in [4.78, 5) is 7.05. The van der Waals surface area contributed by atoms with Gasteiger partial charge in [-0.1, -0.05) is 13.3 Å². The van der Waals surface area contributed by atoms with Gasteiger partial charge in [-0.3, -0.25) is 0 Å². The molecule has 0 aliphatic rings. The fraction of sp³-hybridized carbons (Fsp3) is 0.300. The first kappa shape index (κ1) is 8.91. The molecule has 0 radical (unpaired) electrons. The van der Waals surface area contributed by atoms with Crippen LogP contribution in [0.3, 0.4) is 0 Å². The Kier molecular flexibility index (Phi) is 2.76. The van der Waals surface area contributed by atoms with Crippen LogP contribution in [0.2, 0.25) is 0 Å². The monoisotopic (exact) mass is 209 g/mol. The Hall–Kier alpha value is -0.670. The second kappa shape index (κ2) is 4.03. The van der Waals surface area contributed by atoms with Gasteiger partial charge in [-0.25, -0.2) is 4.98 Å². The quantitative estimate of drug-likeness (QED) is 0.748. The molecule has 0 saturated carbocycles. The lowest BCUT2D eigenvalue weighted by molar-refractivity contribution is 0.940. The van der Waals surface area contributed by atoms with Gasteiger partial charge < -0.3 is 0 Å². The molecule has 2 heterocycles. The first-order valence-electron chi connectivity index (χ1n) is 4.37.